The molecule has 4 aromatic heterocycles. The number of nitrogens with one attached hydrogen (secondary N) is 1. The van der Waals surface area contributed by atoms with Crippen molar-refractivity contribution in [3.8, 4) is 11.1 Å². The summed E-state index contributed by atoms with van der Waals surface area (Å²) in [4.78, 5) is 21.2. The molecule has 0 saturated heterocycles. The van der Waals surface area contributed by atoms with Crippen molar-refractivity contribution >= 4 is 34.5 Å². The maximum absolute atomic E-state index is 13.7. The summed E-state index contributed by atoms with van der Waals surface area (Å²) in [6.07, 6.45) is -0.306. The molecule has 10 heteroatoms. The molecule has 148 valence electrons. The predicted molar refractivity (Wildman–Crippen MR) is 104 cm³/mol. The molecule has 0 aliphatic heterocycles. The van der Waals surface area contributed by atoms with Gasteiger partial charge in [-0.2, -0.15) is 13.2 Å². The van der Waals surface area contributed by atoms with Crippen molar-refractivity contribution in [3.05, 3.63) is 75.6 Å². The molecular weight excluding hydrogens is 425 g/mol. The van der Waals surface area contributed by atoms with E-state index in [0.29, 0.717) is 5.56 Å². The van der Waals surface area contributed by atoms with Crippen LogP contribution in [-0.4, -0.2) is 20.3 Å². The van der Waals surface area contributed by atoms with Gasteiger partial charge in [0.2, 0.25) is 0 Å². The number of amides is 1. The van der Waals surface area contributed by atoms with E-state index in [-0.39, 0.29) is 23.0 Å². The van der Waals surface area contributed by atoms with Gasteiger partial charge in [-0.3, -0.25) is 14.2 Å². The summed E-state index contributed by atoms with van der Waals surface area (Å²) in [5, 5.41) is 4.29. The van der Waals surface area contributed by atoms with Gasteiger partial charge in [0.25, 0.3) is 5.91 Å². The summed E-state index contributed by atoms with van der Waals surface area (Å²) >= 11 is 7.70. The van der Waals surface area contributed by atoms with Crippen molar-refractivity contribution in [1.82, 2.24) is 19.7 Å². The third-order valence-electron chi connectivity index (χ3n) is 4.18. The number of alkyl halides is 3. The number of carbonyl (C=O) groups is 1. The van der Waals surface area contributed by atoms with Crippen LogP contribution in [0.2, 0.25) is 5.15 Å². The molecule has 0 bridgehead atoms. The van der Waals surface area contributed by atoms with Crippen LogP contribution in [0.3, 0.4) is 0 Å². The van der Waals surface area contributed by atoms with Crippen LogP contribution in [0.4, 0.5) is 13.2 Å². The SMILES string of the molecule is O=C(NCc1cccs1)c1nc2c(C(F)(F)F)cc(-c3cccnc3)cn2c1Cl. The molecule has 0 fully saturated rings. The minimum absolute atomic E-state index is 0.195. The molecule has 4 aromatic rings. The standard InChI is InChI=1S/C19H12ClF3N4OS/c20-16-15(18(28)25-9-13-4-2-6-29-13)26-17-14(19(21,22)23)7-12(10-27(16)17)11-3-1-5-24-8-11/h1-8,10H,9H2,(H,25,28). The van der Waals surface area contributed by atoms with Crippen LogP contribution in [-0.2, 0) is 12.7 Å². The molecule has 5 nitrogen and oxygen atoms in total. The molecule has 4 heterocycles. The molecule has 0 spiro atoms. The lowest BCUT2D eigenvalue weighted by Gasteiger charge is -2.11. The summed E-state index contributed by atoms with van der Waals surface area (Å²) in [6.45, 7) is 0.230. The van der Waals surface area contributed by atoms with Crippen molar-refractivity contribution < 1.29 is 18.0 Å². The first-order chi connectivity index (χ1) is 13.8. The number of hydrogen-bond donors (Lipinski definition) is 1. The number of pyridine rings is 2. The van der Waals surface area contributed by atoms with E-state index in [1.807, 2.05) is 17.5 Å². The van der Waals surface area contributed by atoms with E-state index in [2.05, 4.69) is 15.3 Å². The first-order valence-corrected chi connectivity index (χ1v) is 9.60. The second kappa shape index (κ2) is 7.49. The number of imidazole rings is 1. The second-order valence-corrected chi connectivity index (χ2v) is 7.48. The van der Waals surface area contributed by atoms with Crippen molar-refractivity contribution in [2.75, 3.05) is 0 Å². The average Bonchev–Trinajstić information content (AvgIpc) is 3.33. The zero-order chi connectivity index (χ0) is 20.6. The number of aromatic nitrogens is 3. The molecule has 0 saturated carbocycles. The lowest BCUT2D eigenvalue weighted by molar-refractivity contribution is -0.136. The highest BCUT2D eigenvalue weighted by molar-refractivity contribution is 7.09. The summed E-state index contributed by atoms with van der Waals surface area (Å²) in [5.41, 5.74) is -0.956. The highest BCUT2D eigenvalue weighted by atomic mass is 35.5. The normalized spacial score (nSPS) is 11.7. The van der Waals surface area contributed by atoms with Crippen LogP contribution in [0, 0.1) is 0 Å². The smallest absolute Gasteiger partial charge is 0.346 e. The maximum atomic E-state index is 13.7. The molecule has 0 aromatic carbocycles. The zero-order valence-electron chi connectivity index (χ0n) is 14.6. The van der Waals surface area contributed by atoms with Crippen molar-refractivity contribution in [1.29, 1.82) is 0 Å². The predicted octanol–water partition coefficient (Wildman–Crippen LogP) is 5.06. The van der Waals surface area contributed by atoms with Gasteiger partial charge in [-0.25, -0.2) is 4.98 Å². The summed E-state index contributed by atoms with van der Waals surface area (Å²) in [6, 6.07) is 7.89. The minimum atomic E-state index is -4.68. The largest absolute Gasteiger partial charge is 0.420 e. The number of fused-ring (bicyclic) bond motifs is 1. The zero-order valence-corrected chi connectivity index (χ0v) is 16.1. The topological polar surface area (TPSA) is 59.3 Å². The molecule has 0 unspecified atom stereocenters. The number of hydrogen-bond acceptors (Lipinski definition) is 4. The van der Waals surface area contributed by atoms with Gasteiger partial charge in [0.05, 0.1) is 12.1 Å². The van der Waals surface area contributed by atoms with Gasteiger partial charge in [-0.15, -0.1) is 11.3 Å². The van der Waals surface area contributed by atoms with Gasteiger partial charge < -0.3 is 5.32 Å². The van der Waals surface area contributed by atoms with Crippen LogP contribution in [0.25, 0.3) is 16.8 Å². The number of nitrogens with zero attached hydrogens (tertiary/aromatic N) is 3. The fourth-order valence-corrected chi connectivity index (χ4v) is 3.73. The first-order valence-electron chi connectivity index (χ1n) is 8.34. The Labute approximate surface area is 171 Å². The van der Waals surface area contributed by atoms with Crippen LogP contribution >= 0.6 is 22.9 Å². The van der Waals surface area contributed by atoms with Crippen LogP contribution in [0.15, 0.2) is 54.3 Å². The lowest BCUT2D eigenvalue weighted by Crippen LogP contribution is -2.23. The van der Waals surface area contributed by atoms with Crippen molar-refractivity contribution in [2.24, 2.45) is 0 Å². The molecule has 0 aliphatic carbocycles. The van der Waals surface area contributed by atoms with Gasteiger partial charge in [-0.05, 0) is 23.6 Å². The summed E-state index contributed by atoms with van der Waals surface area (Å²) in [5.74, 6) is -0.650. The summed E-state index contributed by atoms with van der Waals surface area (Å²) in [7, 11) is 0. The molecule has 0 radical (unpaired) electrons. The molecule has 4 rings (SSSR count). The Morgan fingerprint density at radius 1 is 1.24 bits per heavy atom. The molecule has 0 atom stereocenters. The van der Waals surface area contributed by atoms with Gasteiger partial charge in [-0.1, -0.05) is 23.7 Å². The van der Waals surface area contributed by atoms with Crippen molar-refractivity contribution in [2.45, 2.75) is 12.7 Å². The molecular formula is C19H12ClF3N4OS. The minimum Gasteiger partial charge on any atom is -0.346 e. The molecule has 0 aliphatic rings. The Bertz CT molecular complexity index is 1170. The van der Waals surface area contributed by atoms with Crippen molar-refractivity contribution in [3.63, 3.8) is 0 Å². The lowest BCUT2D eigenvalue weighted by atomic mass is 10.1. The summed E-state index contributed by atoms with van der Waals surface area (Å²) < 4.78 is 42.1. The quantitative estimate of drug-likeness (QED) is 0.486. The Morgan fingerprint density at radius 2 is 2.07 bits per heavy atom. The van der Waals surface area contributed by atoms with E-state index < -0.39 is 23.3 Å². The van der Waals surface area contributed by atoms with E-state index in [1.54, 1.807) is 12.1 Å². The van der Waals surface area contributed by atoms with Crippen LogP contribution < -0.4 is 5.32 Å². The average molecular weight is 437 g/mol. The highest BCUT2D eigenvalue weighted by Gasteiger charge is 2.36. The van der Waals surface area contributed by atoms with E-state index in [4.69, 9.17) is 11.6 Å². The van der Waals surface area contributed by atoms with E-state index >= 15 is 0 Å². The number of thiophene rings is 1. The van der Waals surface area contributed by atoms with Gasteiger partial charge in [0.15, 0.2) is 11.3 Å². The monoisotopic (exact) mass is 436 g/mol. The third-order valence-corrected chi connectivity index (χ3v) is 5.42. The van der Waals surface area contributed by atoms with E-state index in [0.717, 1.165) is 15.3 Å². The van der Waals surface area contributed by atoms with Gasteiger partial charge >= 0.3 is 6.18 Å². The Balaban J connectivity index is 1.80. The number of rotatable bonds is 4. The van der Waals surface area contributed by atoms with Crippen LogP contribution in [0.5, 0.6) is 0 Å². The Hall–Kier alpha value is -2.91. The van der Waals surface area contributed by atoms with Crippen LogP contribution in [0.1, 0.15) is 20.9 Å². The first kappa shape index (κ1) is 19.4. The molecule has 1 N–H and O–H groups in total. The fourth-order valence-electron chi connectivity index (χ4n) is 2.83. The Kier molecular flexibility index (Phi) is 5.01. The highest BCUT2D eigenvalue weighted by Crippen LogP contribution is 2.36. The van der Waals surface area contributed by atoms with E-state index in [1.165, 1.54) is 29.9 Å². The second-order valence-electron chi connectivity index (χ2n) is 6.09. The molecule has 29 heavy (non-hydrogen) atoms. The number of halogens is 4. The van der Waals surface area contributed by atoms with Gasteiger partial charge in [0.1, 0.15) is 5.15 Å². The third kappa shape index (κ3) is 3.83. The van der Waals surface area contributed by atoms with E-state index in [9.17, 15) is 18.0 Å². The molecule has 1 amide bonds. The maximum Gasteiger partial charge on any atom is 0.420 e. The number of carbonyl (C=O) groups excluding carboxylic acids is 1. The van der Waals surface area contributed by atoms with Gasteiger partial charge in [0, 0.05) is 34.6 Å². The Morgan fingerprint density at radius 3 is 2.72 bits per heavy atom. The fraction of sp³-hybridized carbons (Fsp3) is 0.105.